The number of benzene rings is 3. The fraction of sp³-hybridized carbons (Fsp3) is 0.0645. The Morgan fingerprint density at radius 1 is 0.750 bits per heavy atom. The smallest absolute Gasteiger partial charge is 0.274 e. The number of amides is 1. The van der Waals surface area contributed by atoms with Gasteiger partial charge >= 0.3 is 0 Å². The molecule has 0 fully saturated rings. The van der Waals surface area contributed by atoms with Gasteiger partial charge in [-0.2, -0.15) is 0 Å². The Balaban J connectivity index is 1.25. The summed E-state index contributed by atoms with van der Waals surface area (Å²) in [4.78, 5) is 32.8. The Morgan fingerprint density at radius 2 is 1.50 bits per heavy atom. The number of carbonyl (C=O) groups excluding carboxylic acids is 1. The van der Waals surface area contributed by atoms with E-state index in [0.717, 1.165) is 32.2 Å². The van der Waals surface area contributed by atoms with Crippen molar-refractivity contribution in [2.24, 2.45) is 0 Å². The van der Waals surface area contributed by atoms with Crippen LogP contribution in [-0.4, -0.2) is 38.9 Å². The first-order valence-corrected chi connectivity index (χ1v) is 13.6. The Kier molecular flexibility index (Phi) is 7.36. The summed E-state index contributed by atoms with van der Waals surface area (Å²) in [5.41, 5.74) is 4.41. The average molecular weight is 544 g/mol. The molecule has 0 saturated carbocycles. The molecule has 0 aliphatic heterocycles. The van der Waals surface area contributed by atoms with Crippen molar-refractivity contribution in [3.63, 3.8) is 0 Å². The standard InChI is InChI=1S/C31H25N7OS/c39-29(36-24-15-8-7-14-23(24)30-37-25-16-9-17-34-31(25)40-30)26-20-27(33-19-18-32-22-12-5-2-6-13-22)38-28(35-26)21-10-3-1-4-11-21/h1-17,20,32H,18-19H2,(H,36,39)(H,33,35,38). The highest BCUT2D eigenvalue weighted by Gasteiger charge is 2.17. The van der Waals surface area contributed by atoms with E-state index in [0.29, 0.717) is 30.4 Å². The van der Waals surface area contributed by atoms with Crippen LogP contribution < -0.4 is 16.0 Å². The summed E-state index contributed by atoms with van der Waals surface area (Å²) in [5.74, 6) is 0.702. The summed E-state index contributed by atoms with van der Waals surface area (Å²) in [7, 11) is 0. The summed E-state index contributed by atoms with van der Waals surface area (Å²) < 4.78 is 0. The second-order valence-electron chi connectivity index (χ2n) is 8.89. The number of carbonyl (C=O) groups is 1. The maximum absolute atomic E-state index is 13.5. The van der Waals surface area contributed by atoms with E-state index in [9.17, 15) is 4.79 Å². The van der Waals surface area contributed by atoms with Crippen LogP contribution in [0.25, 0.3) is 32.3 Å². The second-order valence-corrected chi connectivity index (χ2v) is 9.87. The van der Waals surface area contributed by atoms with Crippen molar-refractivity contribution in [3.8, 4) is 22.0 Å². The van der Waals surface area contributed by atoms with Crippen LogP contribution in [0, 0.1) is 0 Å². The van der Waals surface area contributed by atoms with Crippen LogP contribution in [0.1, 0.15) is 10.5 Å². The predicted octanol–water partition coefficient (Wildman–Crippen LogP) is 6.59. The number of para-hydroxylation sites is 2. The zero-order valence-corrected chi connectivity index (χ0v) is 22.2. The van der Waals surface area contributed by atoms with Gasteiger partial charge in [0.25, 0.3) is 5.91 Å². The Labute approximate surface area is 235 Å². The minimum atomic E-state index is -0.336. The van der Waals surface area contributed by atoms with Crippen molar-refractivity contribution in [2.75, 3.05) is 29.0 Å². The van der Waals surface area contributed by atoms with Crippen LogP contribution in [0.4, 0.5) is 17.2 Å². The van der Waals surface area contributed by atoms with E-state index in [1.165, 1.54) is 11.3 Å². The molecule has 0 bridgehead atoms. The summed E-state index contributed by atoms with van der Waals surface area (Å²) in [5, 5.41) is 10.5. The maximum atomic E-state index is 13.5. The van der Waals surface area contributed by atoms with Crippen LogP contribution in [0.3, 0.4) is 0 Å². The number of hydrogen-bond acceptors (Lipinski definition) is 8. The van der Waals surface area contributed by atoms with Gasteiger partial charge in [0.1, 0.15) is 26.9 Å². The largest absolute Gasteiger partial charge is 0.383 e. The van der Waals surface area contributed by atoms with Crippen LogP contribution in [0.15, 0.2) is 109 Å². The molecule has 3 heterocycles. The van der Waals surface area contributed by atoms with Gasteiger partial charge in [-0.3, -0.25) is 4.79 Å². The molecule has 0 saturated heterocycles. The summed E-state index contributed by atoms with van der Waals surface area (Å²) >= 11 is 1.48. The molecular weight excluding hydrogens is 518 g/mol. The lowest BCUT2D eigenvalue weighted by Crippen LogP contribution is -2.18. The number of hydrogen-bond donors (Lipinski definition) is 3. The fourth-order valence-electron chi connectivity index (χ4n) is 4.17. The van der Waals surface area contributed by atoms with Gasteiger partial charge < -0.3 is 16.0 Å². The molecule has 6 rings (SSSR count). The first kappa shape index (κ1) is 25.1. The molecule has 0 radical (unpaired) electrons. The molecule has 0 unspecified atom stereocenters. The van der Waals surface area contributed by atoms with E-state index in [1.54, 1.807) is 12.3 Å². The lowest BCUT2D eigenvalue weighted by molar-refractivity contribution is 0.102. The molecule has 40 heavy (non-hydrogen) atoms. The Bertz CT molecular complexity index is 1720. The van der Waals surface area contributed by atoms with Crippen molar-refractivity contribution in [1.82, 2.24) is 19.9 Å². The van der Waals surface area contributed by atoms with Gasteiger partial charge in [0.15, 0.2) is 5.82 Å². The van der Waals surface area contributed by atoms with E-state index in [1.807, 2.05) is 97.1 Å². The average Bonchev–Trinajstić information content (AvgIpc) is 3.45. The molecule has 0 aliphatic rings. The number of nitrogens with zero attached hydrogens (tertiary/aromatic N) is 4. The minimum absolute atomic E-state index is 0.258. The minimum Gasteiger partial charge on any atom is -0.383 e. The van der Waals surface area contributed by atoms with E-state index >= 15 is 0 Å². The third kappa shape index (κ3) is 5.79. The number of thiazole rings is 1. The molecular formula is C31H25N7OS. The lowest BCUT2D eigenvalue weighted by Gasteiger charge is -2.13. The summed E-state index contributed by atoms with van der Waals surface area (Å²) in [6.07, 6.45) is 1.75. The molecule has 3 N–H and O–H groups in total. The van der Waals surface area contributed by atoms with E-state index in [2.05, 4.69) is 30.9 Å². The first-order valence-electron chi connectivity index (χ1n) is 12.8. The molecule has 0 spiro atoms. The van der Waals surface area contributed by atoms with Crippen molar-refractivity contribution in [1.29, 1.82) is 0 Å². The van der Waals surface area contributed by atoms with Gasteiger partial charge in [-0.15, -0.1) is 0 Å². The van der Waals surface area contributed by atoms with Crippen LogP contribution in [-0.2, 0) is 0 Å². The molecule has 3 aromatic carbocycles. The third-order valence-electron chi connectivity index (χ3n) is 6.10. The summed E-state index contributed by atoms with van der Waals surface area (Å²) in [6.45, 7) is 1.29. The molecule has 8 nitrogen and oxygen atoms in total. The SMILES string of the molecule is O=C(Nc1ccccc1-c1nc2cccnc2s1)c1cc(NCCNc2ccccc2)nc(-c2ccccc2)n1. The lowest BCUT2D eigenvalue weighted by atomic mass is 10.1. The zero-order chi connectivity index (χ0) is 27.1. The predicted molar refractivity (Wildman–Crippen MR) is 162 cm³/mol. The van der Waals surface area contributed by atoms with Gasteiger partial charge in [-0.25, -0.2) is 19.9 Å². The molecule has 6 aromatic rings. The van der Waals surface area contributed by atoms with E-state index < -0.39 is 0 Å². The Hall–Kier alpha value is -5.15. The number of anilines is 3. The highest BCUT2D eigenvalue weighted by atomic mass is 32.1. The normalized spacial score (nSPS) is 10.8. The van der Waals surface area contributed by atoms with E-state index in [-0.39, 0.29) is 11.6 Å². The number of aromatic nitrogens is 4. The monoisotopic (exact) mass is 543 g/mol. The quantitative estimate of drug-likeness (QED) is 0.177. The zero-order valence-electron chi connectivity index (χ0n) is 21.4. The van der Waals surface area contributed by atoms with Gasteiger partial charge in [-0.05, 0) is 36.4 Å². The molecule has 1 amide bonds. The molecule has 9 heteroatoms. The highest BCUT2D eigenvalue weighted by Crippen LogP contribution is 2.34. The summed E-state index contributed by atoms with van der Waals surface area (Å²) in [6, 6.07) is 32.7. The van der Waals surface area contributed by atoms with E-state index in [4.69, 9.17) is 4.98 Å². The molecule has 196 valence electrons. The van der Waals surface area contributed by atoms with Crippen molar-refractivity contribution < 1.29 is 4.79 Å². The molecule has 0 atom stereocenters. The highest BCUT2D eigenvalue weighted by molar-refractivity contribution is 7.21. The number of nitrogens with one attached hydrogen (secondary N) is 3. The van der Waals surface area contributed by atoms with Gasteiger partial charge in [0.05, 0.1) is 5.69 Å². The maximum Gasteiger partial charge on any atom is 0.274 e. The van der Waals surface area contributed by atoms with Crippen molar-refractivity contribution in [3.05, 3.63) is 115 Å². The first-order chi connectivity index (χ1) is 19.7. The van der Waals surface area contributed by atoms with Crippen LogP contribution in [0.2, 0.25) is 0 Å². The van der Waals surface area contributed by atoms with Gasteiger partial charge in [-0.1, -0.05) is 72.0 Å². The molecule has 3 aromatic heterocycles. The topological polar surface area (TPSA) is 105 Å². The van der Waals surface area contributed by atoms with Gasteiger partial charge in [0, 0.05) is 42.2 Å². The fourth-order valence-corrected chi connectivity index (χ4v) is 5.12. The van der Waals surface area contributed by atoms with Crippen molar-refractivity contribution in [2.45, 2.75) is 0 Å². The van der Waals surface area contributed by atoms with Crippen molar-refractivity contribution >= 4 is 44.8 Å². The molecule has 0 aliphatic carbocycles. The number of fused-ring (bicyclic) bond motifs is 1. The number of pyridine rings is 1. The second kappa shape index (κ2) is 11.7. The third-order valence-corrected chi connectivity index (χ3v) is 7.11. The van der Waals surface area contributed by atoms with Crippen LogP contribution >= 0.6 is 11.3 Å². The van der Waals surface area contributed by atoms with Gasteiger partial charge in [0.2, 0.25) is 0 Å². The number of rotatable bonds is 9. The van der Waals surface area contributed by atoms with Crippen LogP contribution in [0.5, 0.6) is 0 Å². The Morgan fingerprint density at radius 3 is 2.33 bits per heavy atom.